The van der Waals surface area contributed by atoms with Crippen LogP contribution in [0.2, 0.25) is 0 Å². The van der Waals surface area contributed by atoms with Crippen LogP contribution < -0.4 is 20.5 Å². The molecule has 2 heterocycles. The zero-order valence-corrected chi connectivity index (χ0v) is 21.0. The topological polar surface area (TPSA) is 90.8 Å². The van der Waals surface area contributed by atoms with E-state index in [9.17, 15) is 0 Å². The van der Waals surface area contributed by atoms with Gasteiger partial charge in [-0.25, -0.2) is 5.43 Å². The maximum absolute atomic E-state index is 5.47. The van der Waals surface area contributed by atoms with Crippen LogP contribution in [0, 0.1) is 0 Å². The van der Waals surface area contributed by atoms with E-state index in [4.69, 9.17) is 4.74 Å². The Morgan fingerprint density at radius 3 is 2.47 bits per heavy atom. The van der Waals surface area contributed by atoms with Gasteiger partial charge in [0, 0.05) is 42.0 Å². The average Bonchev–Trinajstić information content (AvgIpc) is 2.86. The van der Waals surface area contributed by atoms with Crippen molar-refractivity contribution in [2.24, 2.45) is 5.10 Å². The Morgan fingerprint density at radius 1 is 1.03 bits per heavy atom. The van der Waals surface area contributed by atoms with Crippen molar-refractivity contribution in [2.75, 3.05) is 59.9 Å². The highest BCUT2D eigenvalue weighted by Gasteiger charge is 2.16. The van der Waals surface area contributed by atoms with Gasteiger partial charge >= 0.3 is 0 Å². The van der Waals surface area contributed by atoms with E-state index in [0.29, 0.717) is 31.1 Å². The van der Waals surface area contributed by atoms with Gasteiger partial charge in [-0.1, -0.05) is 34.1 Å². The van der Waals surface area contributed by atoms with Gasteiger partial charge in [0.15, 0.2) is 0 Å². The van der Waals surface area contributed by atoms with Crippen molar-refractivity contribution in [3.63, 3.8) is 0 Å². The van der Waals surface area contributed by atoms with Crippen molar-refractivity contribution in [2.45, 2.75) is 13.8 Å². The largest absolute Gasteiger partial charge is 0.378 e. The Balaban J connectivity index is 1.51. The van der Waals surface area contributed by atoms with Crippen LogP contribution in [0.25, 0.3) is 0 Å². The van der Waals surface area contributed by atoms with Crippen molar-refractivity contribution in [3.8, 4) is 0 Å². The molecule has 3 aromatic rings. The van der Waals surface area contributed by atoms with Crippen molar-refractivity contribution in [1.29, 1.82) is 0 Å². The lowest BCUT2D eigenvalue weighted by Gasteiger charge is -2.27. The van der Waals surface area contributed by atoms with E-state index >= 15 is 0 Å². The predicted molar refractivity (Wildman–Crippen MR) is 142 cm³/mol. The predicted octanol–water partition coefficient (Wildman–Crippen LogP) is 4.51. The lowest BCUT2D eigenvalue weighted by Crippen LogP contribution is -2.37. The number of hydrazone groups is 1. The molecule has 0 atom stereocenters. The van der Waals surface area contributed by atoms with Crippen LogP contribution in [0.1, 0.15) is 19.4 Å². The smallest absolute Gasteiger partial charge is 0.250 e. The summed E-state index contributed by atoms with van der Waals surface area (Å²) in [7, 11) is 0. The number of halogens is 1. The third kappa shape index (κ3) is 6.42. The summed E-state index contributed by atoms with van der Waals surface area (Å²) >= 11 is 3.49. The molecule has 9 nitrogen and oxygen atoms in total. The summed E-state index contributed by atoms with van der Waals surface area (Å²) in [4.78, 5) is 18.1. The highest BCUT2D eigenvalue weighted by Crippen LogP contribution is 2.21. The molecule has 0 unspecified atom stereocenters. The molecule has 178 valence electrons. The lowest BCUT2D eigenvalue weighted by atomic mass is 10.2. The van der Waals surface area contributed by atoms with Gasteiger partial charge in [0.25, 0.3) is 0 Å². The Kier molecular flexibility index (Phi) is 8.26. The van der Waals surface area contributed by atoms with E-state index in [1.807, 2.05) is 36.4 Å². The normalized spacial score (nSPS) is 13.8. The first-order valence-corrected chi connectivity index (χ1v) is 12.2. The van der Waals surface area contributed by atoms with Gasteiger partial charge in [0.2, 0.25) is 17.8 Å². The van der Waals surface area contributed by atoms with Crippen LogP contribution in [-0.4, -0.2) is 60.6 Å². The molecule has 2 N–H and O–H groups in total. The number of anilines is 5. The number of benzene rings is 2. The second-order valence-corrected chi connectivity index (χ2v) is 8.57. The van der Waals surface area contributed by atoms with Crippen molar-refractivity contribution in [3.05, 3.63) is 58.6 Å². The molecule has 0 spiro atoms. The molecule has 0 aliphatic carbocycles. The number of morpholine rings is 1. The molecule has 4 rings (SSSR count). The number of aromatic nitrogens is 3. The number of nitrogens with zero attached hydrogens (tertiary/aromatic N) is 6. The molecule has 0 bridgehead atoms. The van der Waals surface area contributed by atoms with Crippen LogP contribution in [-0.2, 0) is 4.74 Å². The van der Waals surface area contributed by atoms with Crippen molar-refractivity contribution < 1.29 is 4.74 Å². The number of hydrogen-bond donors (Lipinski definition) is 2. The van der Waals surface area contributed by atoms with E-state index in [2.05, 4.69) is 82.5 Å². The summed E-state index contributed by atoms with van der Waals surface area (Å²) in [5, 5.41) is 7.61. The van der Waals surface area contributed by atoms with Gasteiger partial charge in [-0.15, -0.1) is 0 Å². The minimum Gasteiger partial charge on any atom is -0.378 e. The first-order chi connectivity index (χ1) is 16.6. The summed E-state index contributed by atoms with van der Waals surface area (Å²) in [6, 6.07) is 16.1. The molecule has 34 heavy (non-hydrogen) atoms. The van der Waals surface area contributed by atoms with Gasteiger partial charge < -0.3 is 19.9 Å². The second kappa shape index (κ2) is 11.8. The van der Waals surface area contributed by atoms with E-state index in [1.54, 1.807) is 6.21 Å². The van der Waals surface area contributed by atoms with Crippen molar-refractivity contribution >= 4 is 51.4 Å². The molecule has 0 amide bonds. The first kappa shape index (κ1) is 23.9. The third-order valence-corrected chi connectivity index (χ3v) is 5.89. The fourth-order valence-corrected chi connectivity index (χ4v) is 3.99. The van der Waals surface area contributed by atoms with Gasteiger partial charge in [0.1, 0.15) is 0 Å². The fraction of sp³-hybridized carbons (Fsp3) is 0.333. The summed E-state index contributed by atoms with van der Waals surface area (Å²) in [5.41, 5.74) is 6.02. The highest BCUT2D eigenvalue weighted by molar-refractivity contribution is 9.10. The molecule has 1 aliphatic heterocycles. The molecular formula is C24H29BrN8O. The quantitative estimate of drug-likeness (QED) is 0.312. The molecule has 1 fully saturated rings. The van der Waals surface area contributed by atoms with E-state index in [0.717, 1.165) is 41.9 Å². The maximum Gasteiger partial charge on any atom is 0.250 e. The summed E-state index contributed by atoms with van der Waals surface area (Å²) in [6.07, 6.45) is 1.76. The average molecular weight is 525 g/mol. The zero-order valence-electron chi connectivity index (χ0n) is 19.4. The second-order valence-electron chi connectivity index (χ2n) is 7.65. The molecule has 0 radical (unpaired) electrons. The lowest BCUT2D eigenvalue weighted by molar-refractivity contribution is 0.122. The summed E-state index contributed by atoms with van der Waals surface area (Å²) in [6.45, 7) is 9.00. The third-order valence-electron chi connectivity index (χ3n) is 5.40. The van der Waals surface area contributed by atoms with Gasteiger partial charge in [-0.05, 0) is 49.7 Å². The maximum atomic E-state index is 5.47. The summed E-state index contributed by atoms with van der Waals surface area (Å²) < 4.78 is 6.43. The van der Waals surface area contributed by atoms with Crippen LogP contribution >= 0.6 is 15.9 Å². The fourth-order valence-electron chi connectivity index (χ4n) is 3.60. The SMILES string of the molecule is CCN(CC)c1ccc(/C=N\Nc2nc(Nc3cccc(Br)c3)nc(N3CCOCC3)n2)cc1. The van der Waals surface area contributed by atoms with E-state index < -0.39 is 0 Å². The van der Waals surface area contributed by atoms with Crippen LogP contribution in [0.3, 0.4) is 0 Å². The summed E-state index contributed by atoms with van der Waals surface area (Å²) in [5.74, 6) is 1.39. The molecule has 1 aromatic heterocycles. The van der Waals surface area contributed by atoms with Crippen molar-refractivity contribution in [1.82, 2.24) is 15.0 Å². The Morgan fingerprint density at radius 2 is 1.76 bits per heavy atom. The van der Waals surface area contributed by atoms with Crippen LogP contribution in [0.5, 0.6) is 0 Å². The van der Waals surface area contributed by atoms with E-state index in [-0.39, 0.29) is 0 Å². The number of rotatable bonds is 9. The highest BCUT2D eigenvalue weighted by atomic mass is 79.9. The zero-order chi connectivity index (χ0) is 23.8. The Bertz CT molecular complexity index is 1100. The first-order valence-electron chi connectivity index (χ1n) is 11.4. The monoisotopic (exact) mass is 524 g/mol. The minimum atomic E-state index is 0.366. The minimum absolute atomic E-state index is 0.366. The standard InChI is InChI=1S/C24H29BrN8O/c1-3-32(4-2)21-10-8-18(9-11-21)17-26-31-23-28-22(27-20-7-5-6-19(25)16-20)29-24(30-23)33-12-14-34-15-13-33/h5-11,16-17H,3-4,12-15H2,1-2H3,(H2,27,28,29,30,31)/b26-17-. The Hall–Kier alpha value is -3.24. The number of ether oxygens (including phenoxy) is 1. The molecule has 1 aliphatic rings. The van der Waals surface area contributed by atoms with E-state index in [1.165, 1.54) is 5.69 Å². The van der Waals surface area contributed by atoms with Gasteiger partial charge in [0.05, 0.1) is 19.4 Å². The number of nitrogens with one attached hydrogen (secondary N) is 2. The molecule has 1 saturated heterocycles. The van der Waals surface area contributed by atoms with Gasteiger partial charge in [-0.2, -0.15) is 20.1 Å². The molecular weight excluding hydrogens is 496 g/mol. The van der Waals surface area contributed by atoms with Crippen LogP contribution in [0.15, 0.2) is 58.1 Å². The molecule has 10 heteroatoms. The Labute approximate surface area is 208 Å². The molecule has 2 aromatic carbocycles. The van der Waals surface area contributed by atoms with Gasteiger partial charge in [-0.3, -0.25) is 0 Å². The van der Waals surface area contributed by atoms with Crippen LogP contribution in [0.4, 0.5) is 29.2 Å². The molecule has 0 saturated carbocycles. The number of hydrogen-bond acceptors (Lipinski definition) is 9.